The van der Waals surface area contributed by atoms with Crippen molar-refractivity contribution in [3.63, 3.8) is 0 Å². The molecule has 0 heterocycles. The minimum absolute atomic E-state index is 0.420. The molecule has 0 bridgehead atoms. The number of hydrogen-bond donors (Lipinski definition) is 4. The van der Waals surface area contributed by atoms with Gasteiger partial charge >= 0.3 is 0 Å². The maximum absolute atomic E-state index is 5.07. The molecule has 0 unspecified atom stereocenters. The largest absolute Gasteiger partial charge is 0.378 e. The third-order valence-corrected chi connectivity index (χ3v) is 3.64. The van der Waals surface area contributed by atoms with Crippen molar-refractivity contribution in [3.05, 3.63) is 29.8 Å². The fraction of sp³-hybridized carbons (Fsp3) is 0.333. The SMILES string of the molecule is CNC(=S)NN=C(C)C(=NNC(=S)NC)c1ccc(N(C)C)cc1. The van der Waals surface area contributed by atoms with E-state index in [4.69, 9.17) is 24.4 Å². The maximum atomic E-state index is 5.07. The Labute approximate surface area is 153 Å². The molecule has 4 N–H and O–H groups in total. The Bertz CT molecular complexity index is 636. The molecule has 0 amide bonds. The zero-order valence-electron chi connectivity index (χ0n) is 14.5. The van der Waals surface area contributed by atoms with E-state index in [1.165, 1.54) is 0 Å². The summed E-state index contributed by atoms with van der Waals surface area (Å²) in [5.74, 6) is 0. The van der Waals surface area contributed by atoms with Crippen molar-refractivity contribution in [2.24, 2.45) is 10.2 Å². The van der Waals surface area contributed by atoms with Crippen LogP contribution in [0.1, 0.15) is 12.5 Å². The normalized spacial score (nSPS) is 11.5. The van der Waals surface area contributed by atoms with E-state index in [1.807, 2.05) is 50.2 Å². The molecule has 0 aromatic heterocycles. The van der Waals surface area contributed by atoms with Crippen LogP contribution in [-0.2, 0) is 0 Å². The predicted molar refractivity (Wildman–Crippen MR) is 110 cm³/mol. The van der Waals surface area contributed by atoms with Gasteiger partial charge in [-0.3, -0.25) is 10.9 Å². The molecule has 7 nitrogen and oxygen atoms in total. The number of hydrazone groups is 2. The quantitative estimate of drug-likeness (QED) is 0.353. The van der Waals surface area contributed by atoms with Crippen LogP contribution in [0.25, 0.3) is 0 Å². The number of nitrogens with one attached hydrogen (secondary N) is 4. The van der Waals surface area contributed by atoms with Crippen molar-refractivity contribution in [1.29, 1.82) is 0 Å². The highest BCUT2D eigenvalue weighted by Crippen LogP contribution is 2.13. The van der Waals surface area contributed by atoms with E-state index >= 15 is 0 Å². The molecule has 0 aliphatic carbocycles. The molecule has 0 fully saturated rings. The minimum Gasteiger partial charge on any atom is -0.378 e. The van der Waals surface area contributed by atoms with E-state index in [9.17, 15) is 0 Å². The third kappa shape index (κ3) is 6.09. The lowest BCUT2D eigenvalue weighted by Gasteiger charge is -2.14. The van der Waals surface area contributed by atoms with Crippen LogP contribution in [0.3, 0.4) is 0 Å². The monoisotopic (exact) mass is 365 g/mol. The number of nitrogens with zero attached hydrogens (tertiary/aromatic N) is 3. The van der Waals surface area contributed by atoms with Gasteiger partial charge in [0.25, 0.3) is 0 Å². The van der Waals surface area contributed by atoms with Gasteiger partial charge in [0.2, 0.25) is 0 Å². The second-order valence-electron chi connectivity index (χ2n) is 4.98. The molecule has 9 heteroatoms. The first-order valence-corrected chi connectivity index (χ1v) is 8.06. The summed E-state index contributed by atoms with van der Waals surface area (Å²) in [6.07, 6.45) is 0. The number of thiocarbonyl (C=S) groups is 2. The van der Waals surface area contributed by atoms with Crippen molar-refractivity contribution in [2.75, 3.05) is 33.1 Å². The zero-order chi connectivity index (χ0) is 18.1. The number of anilines is 1. The highest BCUT2D eigenvalue weighted by atomic mass is 32.1. The maximum Gasteiger partial charge on any atom is 0.186 e. The van der Waals surface area contributed by atoms with Gasteiger partial charge < -0.3 is 15.5 Å². The highest BCUT2D eigenvalue weighted by Gasteiger charge is 2.09. The van der Waals surface area contributed by atoms with Crippen molar-refractivity contribution >= 4 is 51.8 Å². The lowest BCUT2D eigenvalue weighted by Crippen LogP contribution is -2.32. The fourth-order valence-corrected chi connectivity index (χ4v) is 1.77. The van der Waals surface area contributed by atoms with E-state index in [0.29, 0.717) is 21.6 Å². The fourth-order valence-electron chi connectivity index (χ4n) is 1.68. The van der Waals surface area contributed by atoms with Gasteiger partial charge in [-0.05, 0) is 43.5 Å². The predicted octanol–water partition coefficient (Wildman–Crippen LogP) is 1.02. The Kier molecular flexibility index (Phi) is 8.07. The molecule has 24 heavy (non-hydrogen) atoms. The molecular weight excluding hydrogens is 342 g/mol. The van der Waals surface area contributed by atoms with Crippen LogP contribution in [0.4, 0.5) is 5.69 Å². The molecule has 0 aliphatic rings. The average Bonchev–Trinajstić information content (AvgIpc) is 2.59. The minimum atomic E-state index is 0.420. The molecule has 1 rings (SSSR count). The molecule has 1 aromatic carbocycles. The van der Waals surface area contributed by atoms with Crippen LogP contribution < -0.4 is 26.4 Å². The molecule has 130 valence electrons. The van der Waals surface area contributed by atoms with Crippen LogP contribution in [-0.4, -0.2) is 49.8 Å². The topological polar surface area (TPSA) is 76.1 Å². The van der Waals surface area contributed by atoms with Gasteiger partial charge in [-0.25, -0.2) is 0 Å². The number of hydrogen-bond acceptors (Lipinski definition) is 5. The van der Waals surface area contributed by atoms with Gasteiger partial charge in [0.15, 0.2) is 10.2 Å². The number of rotatable bonds is 5. The lowest BCUT2D eigenvalue weighted by molar-refractivity contribution is 0.966. The molecule has 0 spiro atoms. The van der Waals surface area contributed by atoms with Crippen molar-refractivity contribution < 1.29 is 0 Å². The van der Waals surface area contributed by atoms with Crippen molar-refractivity contribution in [2.45, 2.75) is 6.92 Å². The van der Waals surface area contributed by atoms with E-state index in [0.717, 1.165) is 11.3 Å². The van der Waals surface area contributed by atoms with Gasteiger partial charge in [0.05, 0.1) is 5.71 Å². The first-order chi connectivity index (χ1) is 11.4. The van der Waals surface area contributed by atoms with Gasteiger partial charge in [-0.1, -0.05) is 12.1 Å². The van der Waals surface area contributed by atoms with Crippen LogP contribution in [0.15, 0.2) is 34.5 Å². The van der Waals surface area contributed by atoms with E-state index < -0.39 is 0 Å². The van der Waals surface area contributed by atoms with Crippen LogP contribution in [0.2, 0.25) is 0 Å². The first kappa shape index (κ1) is 19.8. The van der Waals surface area contributed by atoms with Gasteiger partial charge in [-0.2, -0.15) is 10.2 Å². The summed E-state index contributed by atoms with van der Waals surface area (Å²) < 4.78 is 0. The summed E-state index contributed by atoms with van der Waals surface area (Å²) in [6, 6.07) is 7.99. The Morgan fingerprint density at radius 2 is 1.42 bits per heavy atom. The van der Waals surface area contributed by atoms with Crippen LogP contribution >= 0.6 is 24.4 Å². The highest BCUT2D eigenvalue weighted by molar-refractivity contribution is 7.80. The smallest absolute Gasteiger partial charge is 0.186 e. The average molecular weight is 366 g/mol. The first-order valence-electron chi connectivity index (χ1n) is 7.24. The molecular formula is C15H23N7S2. The second kappa shape index (κ2) is 9.78. The van der Waals surface area contributed by atoms with Gasteiger partial charge in [0, 0.05) is 39.4 Å². The summed E-state index contributed by atoms with van der Waals surface area (Å²) >= 11 is 10.1. The summed E-state index contributed by atoms with van der Waals surface area (Å²) in [5.41, 5.74) is 8.87. The van der Waals surface area contributed by atoms with Crippen LogP contribution in [0.5, 0.6) is 0 Å². The Balaban J connectivity index is 3.13. The molecule has 0 radical (unpaired) electrons. The molecule has 1 aromatic rings. The van der Waals surface area contributed by atoms with Crippen LogP contribution in [0, 0.1) is 0 Å². The third-order valence-electron chi connectivity index (χ3n) is 3.05. The lowest BCUT2D eigenvalue weighted by atomic mass is 10.1. The molecule has 0 atom stereocenters. The molecule has 0 saturated carbocycles. The van der Waals surface area contributed by atoms with Gasteiger partial charge in [0.1, 0.15) is 5.71 Å². The van der Waals surface area contributed by atoms with E-state index in [-0.39, 0.29) is 0 Å². The van der Waals surface area contributed by atoms with Crippen molar-refractivity contribution in [1.82, 2.24) is 21.5 Å². The Morgan fingerprint density at radius 1 is 0.917 bits per heavy atom. The van der Waals surface area contributed by atoms with Crippen molar-refractivity contribution in [3.8, 4) is 0 Å². The summed E-state index contributed by atoms with van der Waals surface area (Å²) in [7, 11) is 7.44. The number of benzene rings is 1. The van der Waals surface area contributed by atoms with E-state index in [1.54, 1.807) is 14.1 Å². The second-order valence-corrected chi connectivity index (χ2v) is 5.80. The molecule has 0 saturated heterocycles. The Morgan fingerprint density at radius 3 is 1.88 bits per heavy atom. The van der Waals surface area contributed by atoms with E-state index in [2.05, 4.69) is 31.7 Å². The summed E-state index contributed by atoms with van der Waals surface area (Å²) in [4.78, 5) is 2.03. The Hall–Kier alpha value is -2.26. The summed E-state index contributed by atoms with van der Waals surface area (Å²) in [6.45, 7) is 1.84. The zero-order valence-corrected chi connectivity index (χ0v) is 16.1. The standard InChI is InChI=1S/C15H23N7S2/c1-10(18-20-14(23)16-2)13(19-21-15(24)17-3)11-6-8-12(9-7-11)22(4)5/h6-9H,1-5H3,(H2,16,20,23)(H2,17,21,24). The molecule has 0 aliphatic heterocycles. The van der Waals surface area contributed by atoms with Gasteiger partial charge in [-0.15, -0.1) is 0 Å². The summed E-state index contributed by atoms with van der Waals surface area (Å²) in [5, 5.41) is 15.1.